The van der Waals surface area contributed by atoms with Gasteiger partial charge in [0.05, 0.1) is 0 Å². The van der Waals surface area contributed by atoms with Crippen molar-refractivity contribution in [2.75, 3.05) is 0 Å². The number of aliphatic imine (C=N–C) groups is 2. The second-order valence-corrected chi connectivity index (χ2v) is 12.1. The molecule has 47 heavy (non-hydrogen) atoms. The number of hydrogen-bond acceptors (Lipinski definition) is 5. The number of amidine groups is 2. The Morgan fingerprint density at radius 2 is 1.32 bits per heavy atom. The molecule has 0 radical (unpaired) electrons. The third kappa shape index (κ3) is 4.07. The van der Waals surface area contributed by atoms with E-state index in [4.69, 9.17) is 14.4 Å². The summed E-state index contributed by atoms with van der Waals surface area (Å²) in [6.45, 7) is 0. The highest BCUT2D eigenvalue weighted by Crippen LogP contribution is 2.48. The van der Waals surface area contributed by atoms with Crippen LogP contribution in [0.4, 0.5) is 0 Å². The molecular formula is C42H26N4O. The molecule has 6 aromatic carbocycles. The van der Waals surface area contributed by atoms with Gasteiger partial charge in [-0.3, -0.25) is 0 Å². The Balaban J connectivity index is 1.05. The monoisotopic (exact) mass is 602 g/mol. The van der Waals surface area contributed by atoms with Crippen LogP contribution in [0.25, 0.3) is 66.2 Å². The average molecular weight is 603 g/mol. The molecule has 1 unspecified atom stereocenters. The Labute approximate surface area is 270 Å². The Bertz CT molecular complexity index is 2590. The molecule has 2 aromatic heterocycles. The van der Waals surface area contributed by atoms with Gasteiger partial charge in [0, 0.05) is 28.1 Å². The summed E-state index contributed by atoms with van der Waals surface area (Å²) in [5.74, 6) is 1.43. The molecule has 1 aliphatic carbocycles. The van der Waals surface area contributed by atoms with E-state index in [-0.39, 0.29) is 6.17 Å². The van der Waals surface area contributed by atoms with Crippen molar-refractivity contribution in [3.8, 4) is 33.4 Å². The van der Waals surface area contributed by atoms with Gasteiger partial charge in [-0.1, -0.05) is 115 Å². The van der Waals surface area contributed by atoms with Crippen molar-refractivity contribution in [3.63, 3.8) is 0 Å². The third-order valence-corrected chi connectivity index (χ3v) is 9.37. The molecule has 0 fully saturated rings. The van der Waals surface area contributed by atoms with Crippen LogP contribution in [-0.4, -0.2) is 16.7 Å². The molecule has 5 nitrogen and oxygen atoms in total. The summed E-state index contributed by atoms with van der Waals surface area (Å²) in [6, 6.07) is 48.9. The van der Waals surface area contributed by atoms with Crippen molar-refractivity contribution >= 4 is 44.5 Å². The number of fused-ring (bicyclic) bond motifs is 6. The van der Waals surface area contributed by atoms with Crippen LogP contribution in [0.3, 0.4) is 0 Å². The van der Waals surface area contributed by atoms with E-state index in [2.05, 4.69) is 107 Å². The molecule has 220 valence electrons. The number of aromatic nitrogens is 1. The summed E-state index contributed by atoms with van der Waals surface area (Å²) in [6.07, 6.45) is 1.42. The Morgan fingerprint density at radius 3 is 2.17 bits per heavy atom. The molecule has 0 saturated carbocycles. The van der Waals surface area contributed by atoms with Crippen molar-refractivity contribution in [1.29, 1.82) is 0 Å². The Morgan fingerprint density at radius 1 is 0.553 bits per heavy atom. The maximum absolute atomic E-state index is 6.09. The van der Waals surface area contributed by atoms with Crippen molar-refractivity contribution in [1.82, 2.24) is 10.3 Å². The minimum Gasteiger partial charge on any atom is -0.438 e. The second kappa shape index (κ2) is 10.1. The predicted octanol–water partition coefficient (Wildman–Crippen LogP) is 9.94. The molecule has 8 aromatic rings. The summed E-state index contributed by atoms with van der Waals surface area (Å²) >= 11 is 0. The van der Waals surface area contributed by atoms with Crippen LogP contribution in [0.2, 0.25) is 0 Å². The van der Waals surface area contributed by atoms with Crippen molar-refractivity contribution in [2.45, 2.75) is 6.17 Å². The Kier molecular flexibility index (Phi) is 5.57. The number of pyridine rings is 1. The van der Waals surface area contributed by atoms with Crippen molar-refractivity contribution in [3.05, 3.63) is 162 Å². The standard InChI is InChI=1S/C42H26N4O/c1-2-8-27(9-3-1)39-44-40(46-41(45-39)33-14-6-16-36-38(33)34-15-7-23-43-42(34)47-36)28-19-17-25(18-20-28)29-21-22-30-31-12-4-10-26-11-5-13-32(37(26)31)35(30)24-29/h1-24,40H,(H,44,45,46). The Hall–Kier alpha value is -6.33. The van der Waals surface area contributed by atoms with Gasteiger partial charge in [-0.15, -0.1) is 0 Å². The van der Waals surface area contributed by atoms with E-state index >= 15 is 0 Å². The molecule has 1 N–H and O–H groups in total. The molecule has 2 aliphatic rings. The highest BCUT2D eigenvalue weighted by atomic mass is 16.3. The minimum atomic E-state index is -0.328. The van der Waals surface area contributed by atoms with E-state index in [0.717, 1.165) is 38.9 Å². The number of nitrogens with one attached hydrogen (secondary N) is 1. The van der Waals surface area contributed by atoms with Gasteiger partial charge in [0.2, 0.25) is 5.71 Å². The lowest BCUT2D eigenvalue weighted by molar-refractivity contribution is 0.654. The number of furan rings is 1. The van der Waals surface area contributed by atoms with Crippen LogP contribution in [-0.2, 0) is 0 Å². The van der Waals surface area contributed by atoms with E-state index in [1.54, 1.807) is 6.20 Å². The van der Waals surface area contributed by atoms with Gasteiger partial charge in [-0.05, 0) is 74.0 Å². The smallest absolute Gasteiger partial charge is 0.227 e. The first-order valence-electron chi connectivity index (χ1n) is 15.8. The van der Waals surface area contributed by atoms with Gasteiger partial charge >= 0.3 is 0 Å². The van der Waals surface area contributed by atoms with Crippen LogP contribution in [0.1, 0.15) is 22.9 Å². The number of benzene rings is 6. The number of rotatable bonds is 4. The van der Waals surface area contributed by atoms with Crippen LogP contribution < -0.4 is 5.32 Å². The maximum Gasteiger partial charge on any atom is 0.227 e. The largest absolute Gasteiger partial charge is 0.438 e. The normalized spacial score (nSPS) is 15.0. The maximum atomic E-state index is 6.09. The fourth-order valence-electron chi connectivity index (χ4n) is 7.16. The molecule has 1 aliphatic heterocycles. The SMILES string of the molecule is c1ccc(C2=NC(c3cccc4oc5ncccc5c34)=NC(c3ccc(-c4ccc5c(c4)-c4cccc6cccc-5c46)cc3)N2)cc1. The van der Waals surface area contributed by atoms with E-state index in [1.807, 2.05) is 42.5 Å². The highest BCUT2D eigenvalue weighted by molar-refractivity contribution is 6.21. The topological polar surface area (TPSA) is 62.8 Å². The summed E-state index contributed by atoms with van der Waals surface area (Å²) in [5.41, 5.74) is 11.9. The molecular weight excluding hydrogens is 576 g/mol. The van der Waals surface area contributed by atoms with E-state index < -0.39 is 0 Å². The zero-order valence-electron chi connectivity index (χ0n) is 25.2. The molecule has 0 saturated heterocycles. The predicted molar refractivity (Wildman–Crippen MR) is 191 cm³/mol. The highest BCUT2D eigenvalue weighted by Gasteiger charge is 2.24. The molecule has 3 heterocycles. The second-order valence-electron chi connectivity index (χ2n) is 12.1. The van der Waals surface area contributed by atoms with Crippen LogP contribution >= 0.6 is 0 Å². The fraction of sp³-hybridized carbons (Fsp3) is 0.0238. The summed E-state index contributed by atoms with van der Waals surface area (Å²) in [7, 11) is 0. The average Bonchev–Trinajstić information content (AvgIpc) is 3.69. The van der Waals surface area contributed by atoms with Crippen molar-refractivity contribution in [2.24, 2.45) is 9.98 Å². The van der Waals surface area contributed by atoms with Gasteiger partial charge in [0.15, 0.2) is 5.84 Å². The number of nitrogens with zero attached hydrogens (tertiary/aromatic N) is 3. The molecule has 5 heteroatoms. The van der Waals surface area contributed by atoms with E-state index in [0.29, 0.717) is 11.5 Å². The molecule has 0 spiro atoms. The zero-order chi connectivity index (χ0) is 30.9. The van der Waals surface area contributed by atoms with Gasteiger partial charge in [-0.25, -0.2) is 15.0 Å². The lowest BCUT2D eigenvalue weighted by Crippen LogP contribution is -2.33. The van der Waals surface area contributed by atoms with Gasteiger partial charge in [0.1, 0.15) is 17.6 Å². The molecule has 0 bridgehead atoms. The minimum absolute atomic E-state index is 0.328. The lowest BCUT2D eigenvalue weighted by atomic mass is 9.96. The lowest BCUT2D eigenvalue weighted by Gasteiger charge is -2.24. The summed E-state index contributed by atoms with van der Waals surface area (Å²) in [5, 5.41) is 8.16. The summed E-state index contributed by atoms with van der Waals surface area (Å²) < 4.78 is 6.09. The van der Waals surface area contributed by atoms with Gasteiger partial charge in [0.25, 0.3) is 0 Å². The first-order valence-corrected chi connectivity index (χ1v) is 15.8. The van der Waals surface area contributed by atoms with E-state index in [9.17, 15) is 0 Å². The van der Waals surface area contributed by atoms with Crippen molar-refractivity contribution < 1.29 is 4.42 Å². The van der Waals surface area contributed by atoms with Gasteiger partial charge < -0.3 is 9.73 Å². The fourth-order valence-corrected chi connectivity index (χ4v) is 7.16. The van der Waals surface area contributed by atoms with Crippen LogP contribution in [0.15, 0.2) is 160 Å². The zero-order valence-corrected chi connectivity index (χ0v) is 25.2. The first-order chi connectivity index (χ1) is 23.3. The quantitative estimate of drug-likeness (QED) is 0.218. The molecule has 10 rings (SSSR count). The van der Waals surface area contributed by atoms with E-state index in [1.165, 1.54) is 44.2 Å². The molecule has 1 atom stereocenters. The van der Waals surface area contributed by atoms with Crippen LogP contribution in [0.5, 0.6) is 0 Å². The molecule has 0 amide bonds. The first kappa shape index (κ1) is 25.9. The third-order valence-electron chi connectivity index (χ3n) is 9.37. The summed E-state index contributed by atoms with van der Waals surface area (Å²) in [4.78, 5) is 14.7. The van der Waals surface area contributed by atoms with Crippen LogP contribution in [0, 0.1) is 0 Å². The van der Waals surface area contributed by atoms with Gasteiger partial charge in [-0.2, -0.15) is 0 Å². The number of hydrogen-bond donors (Lipinski definition) is 1.